The number of pyridine rings is 1. The van der Waals surface area contributed by atoms with Crippen molar-refractivity contribution in [3.63, 3.8) is 0 Å². The summed E-state index contributed by atoms with van der Waals surface area (Å²) in [7, 11) is 0. The molecule has 3 rings (SSSR count). The third-order valence-corrected chi connectivity index (χ3v) is 5.65. The van der Waals surface area contributed by atoms with Crippen molar-refractivity contribution in [2.24, 2.45) is 5.92 Å². The predicted octanol–water partition coefficient (Wildman–Crippen LogP) is 7.87. The van der Waals surface area contributed by atoms with E-state index < -0.39 is 0 Å². The molecular weight excluding hydrogens is 390 g/mol. The third kappa shape index (κ3) is 6.89. The SMILES string of the molecule is CC.CC/C=C(\c1cc(C#N)c(C)cc1C)c1cncc(N)c1Cl.CC1CCCC1. The van der Waals surface area contributed by atoms with Crippen molar-refractivity contribution in [3.8, 4) is 6.07 Å². The highest BCUT2D eigenvalue weighted by molar-refractivity contribution is 6.35. The van der Waals surface area contributed by atoms with Gasteiger partial charge in [0.15, 0.2) is 0 Å². The van der Waals surface area contributed by atoms with Gasteiger partial charge in [-0.15, -0.1) is 0 Å². The summed E-state index contributed by atoms with van der Waals surface area (Å²) in [5.41, 5.74) is 11.8. The number of halogens is 1. The van der Waals surface area contributed by atoms with E-state index in [2.05, 4.69) is 31.0 Å². The van der Waals surface area contributed by atoms with Crippen LogP contribution in [0.1, 0.15) is 87.6 Å². The number of allylic oxidation sites excluding steroid dienone is 1. The largest absolute Gasteiger partial charge is 0.396 e. The number of aromatic nitrogens is 1. The molecular formula is C26H36ClN3. The lowest BCUT2D eigenvalue weighted by Gasteiger charge is -2.15. The highest BCUT2D eigenvalue weighted by Gasteiger charge is 2.15. The number of hydrogen-bond acceptors (Lipinski definition) is 3. The quantitative estimate of drug-likeness (QED) is 0.543. The van der Waals surface area contributed by atoms with Crippen molar-refractivity contribution in [2.45, 2.75) is 73.6 Å². The maximum Gasteiger partial charge on any atom is 0.0994 e. The van der Waals surface area contributed by atoms with Crippen LogP contribution in [-0.2, 0) is 0 Å². The molecule has 0 spiro atoms. The number of benzene rings is 1. The Kier molecular flexibility index (Phi) is 11.2. The lowest BCUT2D eigenvalue weighted by atomic mass is 9.91. The summed E-state index contributed by atoms with van der Waals surface area (Å²) in [5.74, 6) is 1.05. The van der Waals surface area contributed by atoms with E-state index in [0.717, 1.165) is 40.2 Å². The second-order valence-electron chi connectivity index (χ2n) is 7.60. The van der Waals surface area contributed by atoms with Gasteiger partial charge in [-0.3, -0.25) is 4.98 Å². The molecule has 0 unspecified atom stereocenters. The number of anilines is 1. The van der Waals surface area contributed by atoms with Gasteiger partial charge >= 0.3 is 0 Å². The van der Waals surface area contributed by atoms with Crippen molar-refractivity contribution in [1.29, 1.82) is 5.26 Å². The monoisotopic (exact) mass is 425 g/mol. The number of nitriles is 1. The summed E-state index contributed by atoms with van der Waals surface area (Å²) in [6.07, 6.45) is 12.1. The first-order valence-corrected chi connectivity index (χ1v) is 11.4. The van der Waals surface area contributed by atoms with Gasteiger partial charge in [0.05, 0.1) is 28.5 Å². The first kappa shape index (κ1) is 25.7. The summed E-state index contributed by atoms with van der Waals surface area (Å²) in [5, 5.41) is 9.78. The second kappa shape index (κ2) is 13.1. The van der Waals surface area contributed by atoms with Crippen LogP contribution < -0.4 is 5.73 Å². The number of nitrogens with zero attached hydrogens (tertiary/aromatic N) is 2. The molecule has 0 atom stereocenters. The Labute approximate surface area is 188 Å². The van der Waals surface area contributed by atoms with Crippen molar-refractivity contribution in [2.75, 3.05) is 5.73 Å². The van der Waals surface area contributed by atoms with E-state index in [1.807, 2.05) is 39.8 Å². The smallest absolute Gasteiger partial charge is 0.0994 e. The Hall–Kier alpha value is -2.31. The summed E-state index contributed by atoms with van der Waals surface area (Å²) in [4.78, 5) is 4.15. The van der Waals surface area contributed by atoms with Crippen LogP contribution >= 0.6 is 11.6 Å². The summed E-state index contributed by atoms with van der Waals surface area (Å²) in [6, 6.07) is 6.16. The Morgan fingerprint density at radius 3 is 2.30 bits per heavy atom. The van der Waals surface area contributed by atoms with Crippen LogP contribution in [-0.4, -0.2) is 4.98 Å². The Balaban J connectivity index is 0.000000474. The number of rotatable bonds is 3. The molecule has 1 aliphatic carbocycles. The molecule has 30 heavy (non-hydrogen) atoms. The third-order valence-electron chi connectivity index (χ3n) is 5.23. The van der Waals surface area contributed by atoms with Gasteiger partial charge in [0, 0.05) is 11.8 Å². The fourth-order valence-corrected chi connectivity index (χ4v) is 3.81. The Bertz CT molecular complexity index is 888. The first-order valence-electron chi connectivity index (χ1n) is 11.0. The molecule has 162 valence electrons. The molecule has 0 saturated heterocycles. The van der Waals surface area contributed by atoms with Gasteiger partial charge in [-0.1, -0.05) is 77.1 Å². The summed E-state index contributed by atoms with van der Waals surface area (Å²) < 4.78 is 0. The molecule has 1 aromatic carbocycles. The zero-order valence-electron chi connectivity index (χ0n) is 19.3. The minimum absolute atomic E-state index is 0.450. The molecule has 1 heterocycles. The topological polar surface area (TPSA) is 62.7 Å². The molecule has 3 nitrogen and oxygen atoms in total. The van der Waals surface area contributed by atoms with Crippen LogP contribution in [0.25, 0.3) is 5.57 Å². The molecule has 2 N–H and O–H groups in total. The predicted molar refractivity (Wildman–Crippen MR) is 131 cm³/mol. The molecule has 2 aromatic rings. The molecule has 0 amide bonds. The van der Waals surface area contributed by atoms with E-state index >= 15 is 0 Å². The maximum absolute atomic E-state index is 9.29. The van der Waals surface area contributed by atoms with Gasteiger partial charge in [0.1, 0.15) is 0 Å². The molecule has 0 aliphatic heterocycles. The molecule has 0 bridgehead atoms. The van der Waals surface area contributed by atoms with Gasteiger partial charge in [-0.25, -0.2) is 0 Å². The zero-order chi connectivity index (χ0) is 22.7. The van der Waals surface area contributed by atoms with Gasteiger partial charge in [-0.05, 0) is 54.5 Å². The number of hydrogen-bond donors (Lipinski definition) is 1. The van der Waals surface area contributed by atoms with Gasteiger partial charge in [0.2, 0.25) is 0 Å². The minimum Gasteiger partial charge on any atom is -0.396 e. The van der Waals surface area contributed by atoms with Crippen molar-refractivity contribution in [1.82, 2.24) is 4.98 Å². The Morgan fingerprint density at radius 2 is 1.80 bits per heavy atom. The van der Waals surface area contributed by atoms with Crippen LogP contribution in [0, 0.1) is 31.1 Å². The van der Waals surface area contributed by atoms with E-state index in [9.17, 15) is 5.26 Å². The fraction of sp³-hybridized carbons (Fsp3) is 0.462. The van der Waals surface area contributed by atoms with E-state index in [1.165, 1.54) is 31.9 Å². The molecule has 4 heteroatoms. The molecule has 1 aliphatic rings. The molecule has 1 fully saturated rings. The van der Waals surface area contributed by atoms with Gasteiger partial charge in [0.25, 0.3) is 0 Å². The molecule has 1 saturated carbocycles. The van der Waals surface area contributed by atoms with Crippen molar-refractivity contribution < 1.29 is 0 Å². The zero-order valence-corrected chi connectivity index (χ0v) is 20.1. The standard InChI is InChI=1S/C18H18ClN3.C6H12.C2H6/c1-4-5-14(16-9-22-10-17(21)18(16)19)15-7-13(8-20)11(2)6-12(15)3;1-6-4-2-3-5-6;1-2/h5-7,9-10H,4,21H2,1-3H3;6H,2-5H2,1H3;1-2H3/b14-5+;;. The van der Waals surface area contributed by atoms with Crippen LogP contribution in [0.4, 0.5) is 5.69 Å². The van der Waals surface area contributed by atoms with E-state index in [4.69, 9.17) is 17.3 Å². The average Bonchev–Trinajstić information content (AvgIpc) is 3.22. The number of nitrogen functional groups attached to an aromatic ring is 1. The second-order valence-corrected chi connectivity index (χ2v) is 7.98. The average molecular weight is 426 g/mol. The number of nitrogens with two attached hydrogens (primary N) is 1. The van der Waals surface area contributed by atoms with E-state index in [1.54, 1.807) is 6.20 Å². The van der Waals surface area contributed by atoms with Crippen LogP contribution in [0.15, 0.2) is 30.6 Å². The van der Waals surface area contributed by atoms with Gasteiger partial charge in [-0.2, -0.15) is 5.26 Å². The fourth-order valence-electron chi connectivity index (χ4n) is 3.61. The lowest BCUT2D eigenvalue weighted by molar-refractivity contribution is 0.612. The highest BCUT2D eigenvalue weighted by Crippen LogP contribution is 2.34. The number of aryl methyl sites for hydroxylation is 2. The minimum atomic E-state index is 0.450. The van der Waals surface area contributed by atoms with E-state index in [-0.39, 0.29) is 0 Å². The maximum atomic E-state index is 9.29. The lowest BCUT2D eigenvalue weighted by Crippen LogP contribution is -1.99. The first-order chi connectivity index (χ1) is 14.4. The Morgan fingerprint density at radius 1 is 1.17 bits per heavy atom. The summed E-state index contributed by atoms with van der Waals surface area (Å²) >= 11 is 6.36. The highest BCUT2D eigenvalue weighted by atomic mass is 35.5. The molecule has 1 aromatic heterocycles. The van der Waals surface area contributed by atoms with E-state index in [0.29, 0.717) is 16.3 Å². The van der Waals surface area contributed by atoms with Gasteiger partial charge < -0.3 is 5.73 Å². The van der Waals surface area contributed by atoms with Crippen molar-refractivity contribution >= 4 is 22.9 Å². The van der Waals surface area contributed by atoms with Crippen LogP contribution in [0.2, 0.25) is 5.02 Å². The van der Waals surface area contributed by atoms with Crippen LogP contribution in [0.5, 0.6) is 0 Å². The summed E-state index contributed by atoms with van der Waals surface area (Å²) in [6.45, 7) is 12.4. The van der Waals surface area contributed by atoms with Crippen molar-refractivity contribution in [3.05, 3.63) is 63.4 Å². The normalized spacial score (nSPS) is 13.6. The molecule has 0 radical (unpaired) electrons. The van der Waals surface area contributed by atoms with Crippen LogP contribution in [0.3, 0.4) is 0 Å².